The summed E-state index contributed by atoms with van der Waals surface area (Å²) in [5.41, 5.74) is 0.674. The highest BCUT2D eigenvalue weighted by Gasteiger charge is 2.38. The highest BCUT2D eigenvalue weighted by atomic mass is 16.5. The van der Waals surface area contributed by atoms with Crippen molar-refractivity contribution < 1.29 is 26.0 Å². The zero-order valence-electron chi connectivity index (χ0n) is 19.3. The fraction of sp³-hybridized carbons (Fsp3) is 0.609. The number of hydrogen-bond donors (Lipinski definition) is 3. The van der Waals surface area contributed by atoms with Crippen molar-refractivity contribution >= 4 is 5.91 Å². The molecule has 1 aromatic carbocycles. The molecule has 0 saturated carbocycles. The lowest BCUT2D eigenvalue weighted by atomic mass is 10.1. The predicted molar refractivity (Wildman–Crippen MR) is 121 cm³/mol. The SMILES string of the molecule is C=CC(CNC(=O)[C@@H]1C[C@@H](OC(C)(C)C)CN1O)OC.CC.OCc1ccccc1.[HH]. The van der Waals surface area contributed by atoms with Crippen LogP contribution < -0.4 is 5.32 Å². The molecular formula is C23H42N2O5. The quantitative estimate of drug-likeness (QED) is 0.579. The number of carbonyl (C=O) groups is 1. The number of ether oxygens (including phenoxy) is 2. The van der Waals surface area contributed by atoms with Crippen molar-refractivity contribution in [2.75, 3.05) is 20.2 Å². The Morgan fingerprint density at radius 2 is 1.97 bits per heavy atom. The first kappa shape index (κ1) is 28.2. The van der Waals surface area contributed by atoms with Gasteiger partial charge in [-0.15, -0.1) is 6.58 Å². The average Bonchev–Trinajstić information content (AvgIpc) is 3.09. The van der Waals surface area contributed by atoms with E-state index in [-0.39, 0.29) is 31.7 Å². The number of amides is 1. The summed E-state index contributed by atoms with van der Waals surface area (Å²) in [7, 11) is 1.56. The number of rotatable bonds is 7. The van der Waals surface area contributed by atoms with Crippen LogP contribution in [0.3, 0.4) is 0 Å². The van der Waals surface area contributed by atoms with E-state index in [0.717, 1.165) is 10.6 Å². The number of nitrogens with one attached hydrogen (secondary N) is 1. The molecular weight excluding hydrogens is 384 g/mol. The average molecular weight is 427 g/mol. The van der Waals surface area contributed by atoms with E-state index in [4.69, 9.17) is 14.6 Å². The molecule has 1 aliphatic heterocycles. The van der Waals surface area contributed by atoms with Gasteiger partial charge < -0.3 is 25.1 Å². The van der Waals surface area contributed by atoms with E-state index in [9.17, 15) is 10.0 Å². The Bertz CT molecular complexity index is 595. The Kier molecular flexibility index (Phi) is 14.2. The standard InChI is InChI=1S/C14H26N2O4.C7H8O.C2H6.H2/c1-6-10(19-5)8-15-13(17)12-7-11(9-16(12)18)20-14(2,3)4;8-6-7-4-2-1-3-5-7;1-2;/h6,10-12,18H,1,7-9H2,2-5H3,(H,15,17);1-5,8H,6H2;1-2H3;1H/t10?,11-,12+;;;/m1.../s1. The normalized spacial score (nSPS) is 19.6. The molecule has 1 heterocycles. The third kappa shape index (κ3) is 11.4. The van der Waals surface area contributed by atoms with E-state index in [2.05, 4.69) is 11.9 Å². The van der Waals surface area contributed by atoms with Crippen molar-refractivity contribution in [2.45, 2.75) is 71.5 Å². The zero-order valence-corrected chi connectivity index (χ0v) is 19.3. The van der Waals surface area contributed by atoms with Crippen LogP contribution in [0.15, 0.2) is 43.0 Å². The lowest BCUT2D eigenvalue weighted by molar-refractivity contribution is -0.147. The predicted octanol–water partition coefficient (Wildman–Crippen LogP) is 3.40. The second-order valence-electron chi connectivity index (χ2n) is 7.62. The van der Waals surface area contributed by atoms with Gasteiger partial charge in [0.05, 0.1) is 31.0 Å². The number of benzene rings is 1. The molecule has 0 aliphatic carbocycles. The van der Waals surface area contributed by atoms with Crippen LogP contribution in [0.4, 0.5) is 0 Å². The number of carbonyl (C=O) groups excluding carboxylic acids is 1. The Hall–Kier alpha value is -1.77. The number of methoxy groups -OCH3 is 1. The lowest BCUT2D eigenvalue weighted by Crippen LogP contribution is -2.44. The van der Waals surface area contributed by atoms with Crippen molar-refractivity contribution in [1.82, 2.24) is 10.4 Å². The molecule has 7 nitrogen and oxygen atoms in total. The summed E-state index contributed by atoms with van der Waals surface area (Å²) in [6.07, 6.45) is 1.73. The molecule has 0 bridgehead atoms. The molecule has 3 N–H and O–H groups in total. The van der Waals surface area contributed by atoms with Gasteiger partial charge in [0.15, 0.2) is 0 Å². The summed E-state index contributed by atoms with van der Waals surface area (Å²) in [4.78, 5) is 12.0. The van der Waals surface area contributed by atoms with Crippen LogP contribution in [0.25, 0.3) is 0 Å². The summed E-state index contributed by atoms with van der Waals surface area (Å²) < 4.78 is 10.9. The second kappa shape index (κ2) is 15.1. The summed E-state index contributed by atoms with van der Waals surface area (Å²) in [5.74, 6) is -0.226. The Morgan fingerprint density at radius 3 is 2.40 bits per heavy atom. The van der Waals surface area contributed by atoms with Crippen LogP contribution in [0.5, 0.6) is 0 Å². The van der Waals surface area contributed by atoms with Crippen LogP contribution >= 0.6 is 0 Å². The molecule has 2 rings (SSSR count). The molecule has 0 spiro atoms. The first-order valence-corrected chi connectivity index (χ1v) is 10.4. The fourth-order valence-corrected chi connectivity index (χ4v) is 2.77. The van der Waals surface area contributed by atoms with Crippen molar-refractivity contribution in [2.24, 2.45) is 0 Å². The van der Waals surface area contributed by atoms with E-state index in [0.29, 0.717) is 19.5 Å². The summed E-state index contributed by atoms with van der Waals surface area (Å²) >= 11 is 0. The highest BCUT2D eigenvalue weighted by Crippen LogP contribution is 2.23. The maximum atomic E-state index is 12.0. The van der Waals surface area contributed by atoms with Gasteiger partial charge in [0.25, 0.3) is 0 Å². The monoisotopic (exact) mass is 426 g/mol. The van der Waals surface area contributed by atoms with Gasteiger partial charge in [-0.2, -0.15) is 5.06 Å². The van der Waals surface area contributed by atoms with Gasteiger partial charge >= 0.3 is 0 Å². The number of hydrogen-bond acceptors (Lipinski definition) is 6. The van der Waals surface area contributed by atoms with Crippen LogP contribution in [0, 0.1) is 0 Å². The molecule has 1 saturated heterocycles. The maximum absolute atomic E-state index is 12.0. The summed E-state index contributed by atoms with van der Waals surface area (Å²) in [6, 6.07) is 8.95. The van der Waals surface area contributed by atoms with Crippen LogP contribution in [-0.2, 0) is 20.9 Å². The van der Waals surface area contributed by atoms with E-state index >= 15 is 0 Å². The fourth-order valence-electron chi connectivity index (χ4n) is 2.77. The van der Waals surface area contributed by atoms with Gasteiger partial charge in [0.1, 0.15) is 6.04 Å². The first-order chi connectivity index (χ1) is 14.2. The minimum absolute atomic E-state index is 0. The van der Waals surface area contributed by atoms with Crippen molar-refractivity contribution in [3.63, 3.8) is 0 Å². The number of aliphatic hydroxyl groups is 1. The van der Waals surface area contributed by atoms with Gasteiger partial charge in [-0.1, -0.05) is 50.3 Å². The molecule has 1 amide bonds. The zero-order chi connectivity index (χ0) is 23.2. The number of nitrogens with zero attached hydrogens (tertiary/aromatic N) is 1. The molecule has 3 atom stereocenters. The van der Waals surface area contributed by atoms with Crippen molar-refractivity contribution in [3.8, 4) is 0 Å². The second-order valence-corrected chi connectivity index (χ2v) is 7.62. The van der Waals surface area contributed by atoms with E-state index in [1.165, 1.54) is 0 Å². The number of aliphatic hydroxyl groups excluding tert-OH is 1. The van der Waals surface area contributed by atoms with Gasteiger partial charge in [-0.3, -0.25) is 4.79 Å². The van der Waals surface area contributed by atoms with Crippen LogP contribution in [0.1, 0.15) is 48.0 Å². The molecule has 30 heavy (non-hydrogen) atoms. The summed E-state index contributed by atoms with van der Waals surface area (Å²) in [5, 5.41) is 22.2. The maximum Gasteiger partial charge on any atom is 0.239 e. The minimum Gasteiger partial charge on any atom is -0.392 e. The Balaban J connectivity index is 0. The topological polar surface area (TPSA) is 91.3 Å². The molecule has 1 aromatic rings. The molecule has 1 fully saturated rings. The number of hydroxylamine groups is 2. The van der Waals surface area contributed by atoms with E-state index in [1.54, 1.807) is 13.2 Å². The van der Waals surface area contributed by atoms with Crippen molar-refractivity contribution in [3.05, 3.63) is 48.6 Å². The van der Waals surface area contributed by atoms with Gasteiger partial charge in [0.2, 0.25) is 5.91 Å². The van der Waals surface area contributed by atoms with Gasteiger partial charge in [-0.05, 0) is 26.3 Å². The first-order valence-electron chi connectivity index (χ1n) is 10.4. The molecule has 0 radical (unpaired) electrons. The molecule has 1 aliphatic rings. The Morgan fingerprint density at radius 1 is 1.37 bits per heavy atom. The molecule has 174 valence electrons. The van der Waals surface area contributed by atoms with E-state index in [1.807, 2.05) is 65.0 Å². The lowest BCUT2D eigenvalue weighted by Gasteiger charge is -2.24. The van der Waals surface area contributed by atoms with Crippen LogP contribution in [0.2, 0.25) is 0 Å². The summed E-state index contributed by atoms with van der Waals surface area (Å²) in [6.45, 7) is 14.3. The van der Waals surface area contributed by atoms with Gasteiger partial charge in [0, 0.05) is 21.5 Å². The smallest absolute Gasteiger partial charge is 0.239 e. The minimum atomic E-state index is -0.579. The Labute approximate surface area is 183 Å². The molecule has 0 aromatic heterocycles. The third-order valence-electron chi connectivity index (χ3n) is 4.13. The third-order valence-corrected chi connectivity index (χ3v) is 4.13. The van der Waals surface area contributed by atoms with Crippen LogP contribution in [-0.4, -0.2) is 65.3 Å². The molecule has 7 heteroatoms. The largest absolute Gasteiger partial charge is 0.392 e. The van der Waals surface area contributed by atoms with Gasteiger partial charge in [-0.25, -0.2) is 0 Å². The highest BCUT2D eigenvalue weighted by molar-refractivity contribution is 5.82. The van der Waals surface area contributed by atoms with Crippen molar-refractivity contribution in [1.29, 1.82) is 0 Å². The molecule has 1 unspecified atom stereocenters. The van der Waals surface area contributed by atoms with E-state index < -0.39 is 6.04 Å².